The maximum atomic E-state index is 11.1. The van der Waals surface area contributed by atoms with Crippen molar-refractivity contribution in [1.29, 1.82) is 0 Å². The molecule has 0 unspecified atom stereocenters. The molecule has 0 fully saturated rings. The van der Waals surface area contributed by atoms with Crippen LogP contribution >= 0.6 is 0 Å². The van der Waals surface area contributed by atoms with Crippen LogP contribution in [0.4, 0.5) is 0 Å². The Bertz CT molecular complexity index is 1190. The summed E-state index contributed by atoms with van der Waals surface area (Å²) in [6, 6.07) is 1.03. The summed E-state index contributed by atoms with van der Waals surface area (Å²) < 4.78 is 4.82. The Labute approximate surface area is 163 Å². The number of aliphatic carboxylic acids is 2. The van der Waals surface area contributed by atoms with Crippen LogP contribution in [0.5, 0.6) is 0 Å². The number of hydrogen-bond acceptors (Lipinski definition) is 6. The molecule has 0 aliphatic heterocycles. The van der Waals surface area contributed by atoms with E-state index in [-0.39, 0.29) is 12.8 Å². The van der Waals surface area contributed by atoms with Gasteiger partial charge < -0.3 is 10.2 Å². The lowest BCUT2D eigenvalue weighted by Gasteiger charge is -2.12. The average molecular weight is 395 g/mol. The smallest absolute Gasteiger partial charge is 0.305 e. The Kier molecular flexibility index (Phi) is 4.55. The third-order valence-electron chi connectivity index (χ3n) is 4.44. The Hall–Kier alpha value is -4.02. The first-order chi connectivity index (χ1) is 13.9. The molecule has 0 bridgehead atoms. The fourth-order valence-corrected chi connectivity index (χ4v) is 3.14. The van der Waals surface area contributed by atoms with Crippen molar-refractivity contribution in [3.05, 3.63) is 43.2 Å². The van der Waals surface area contributed by atoms with E-state index >= 15 is 0 Å². The molecule has 4 heterocycles. The number of fused-ring (bicyclic) bond motifs is 1. The summed E-state index contributed by atoms with van der Waals surface area (Å²) in [5.74, 6) is -1.64. The summed E-state index contributed by atoms with van der Waals surface area (Å²) in [5, 5.41) is 26.6. The molecule has 4 aromatic heterocycles. The van der Waals surface area contributed by atoms with Crippen LogP contribution in [0.3, 0.4) is 0 Å². The van der Waals surface area contributed by atoms with Gasteiger partial charge in [-0.2, -0.15) is 10.2 Å². The second kappa shape index (κ2) is 7.19. The van der Waals surface area contributed by atoms with E-state index in [0.29, 0.717) is 22.7 Å². The molecule has 0 aromatic carbocycles. The molecule has 0 aliphatic carbocycles. The summed E-state index contributed by atoms with van der Waals surface area (Å²) in [6.45, 7) is 0. The Morgan fingerprint density at radius 3 is 2.45 bits per heavy atom. The van der Waals surface area contributed by atoms with E-state index in [4.69, 9.17) is 15.2 Å². The molecule has 0 atom stereocenters. The Morgan fingerprint density at radius 1 is 1.07 bits per heavy atom. The minimum absolute atomic E-state index is 0.350. The van der Waals surface area contributed by atoms with Gasteiger partial charge in [0.2, 0.25) is 0 Å². The van der Waals surface area contributed by atoms with Gasteiger partial charge in [-0.3, -0.25) is 23.4 Å². The molecule has 2 N–H and O–H groups in total. The van der Waals surface area contributed by atoms with Crippen LogP contribution in [-0.4, -0.2) is 56.1 Å². The minimum Gasteiger partial charge on any atom is -0.481 e. The van der Waals surface area contributed by atoms with Gasteiger partial charge in [0.05, 0.1) is 42.5 Å². The van der Waals surface area contributed by atoms with Crippen molar-refractivity contribution in [3.63, 3.8) is 0 Å². The predicted octanol–water partition coefficient (Wildman–Crippen LogP) is 1.48. The summed E-state index contributed by atoms with van der Waals surface area (Å²) >= 11 is 0. The van der Waals surface area contributed by atoms with Gasteiger partial charge in [-0.05, 0) is 0 Å². The van der Waals surface area contributed by atoms with Crippen LogP contribution < -0.4 is 0 Å². The molecule has 0 amide bonds. The lowest BCUT2D eigenvalue weighted by molar-refractivity contribution is -0.140. The van der Waals surface area contributed by atoms with E-state index in [1.54, 1.807) is 33.9 Å². The molecular formula is C18H17N7O4. The van der Waals surface area contributed by atoms with Crippen LogP contribution in [-0.2, 0) is 16.6 Å². The number of carboxylic acid groups (broad SMARTS) is 2. The van der Waals surface area contributed by atoms with Crippen LogP contribution in [0.15, 0.2) is 43.2 Å². The van der Waals surface area contributed by atoms with Crippen LogP contribution in [0.2, 0.25) is 0 Å². The maximum absolute atomic E-state index is 11.1. The maximum Gasteiger partial charge on any atom is 0.305 e. The largest absolute Gasteiger partial charge is 0.481 e. The van der Waals surface area contributed by atoms with E-state index in [1.165, 1.54) is 10.9 Å². The third kappa shape index (κ3) is 3.70. The van der Waals surface area contributed by atoms with Gasteiger partial charge in [0.1, 0.15) is 11.5 Å². The van der Waals surface area contributed by atoms with Crippen LogP contribution in [0, 0.1) is 0 Å². The molecule has 0 saturated heterocycles. The molecule has 0 spiro atoms. The highest BCUT2D eigenvalue weighted by Crippen LogP contribution is 2.26. The van der Waals surface area contributed by atoms with Gasteiger partial charge in [0.25, 0.3) is 0 Å². The number of imidazole rings is 1. The summed E-state index contributed by atoms with van der Waals surface area (Å²) in [4.78, 5) is 31.3. The van der Waals surface area contributed by atoms with Crippen molar-refractivity contribution in [2.75, 3.05) is 0 Å². The zero-order valence-electron chi connectivity index (χ0n) is 15.4. The second-order valence-electron chi connectivity index (χ2n) is 6.58. The number of carboxylic acids is 2. The Balaban J connectivity index is 1.78. The van der Waals surface area contributed by atoms with E-state index in [9.17, 15) is 9.59 Å². The first kappa shape index (κ1) is 18.3. The van der Waals surface area contributed by atoms with Gasteiger partial charge >= 0.3 is 11.9 Å². The Morgan fingerprint density at radius 2 is 1.79 bits per heavy atom. The highest BCUT2D eigenvalue weighted by molar-refractivity contribution is 5.71. The zero-order chi connectivity index (χ0) is 20.5. The monoisotopic (exact) mass is 395 g/mol. The van der Waals surface area contributed by atoms with Gasteiger partial charge in [0, 0.05) is 43.5 Å². The van der Waals surface area contributed by atoms with E-state index < -0.39 is 18.0 Å². The molecule has 0 aliphatic rings. The standard InChI is InChI=1S/C18H17N7O4/c1-23-9-11(7-20-23)14-6-15-19-2-3-24(15)18(22-14)12-8-21-25(10-12)13(4-16(26)27)5-17(28)29/h2-3,6-10,13H,4-5H2,1H3,(H,26,27)(H,28,29). The number of aromatic nitrogens is 7. The van der Waals surface area contributed by atoms with E-state index in [1.807, 2.05) is 19.3 Å². The number of hydrogen-bond donors (Lipinski definition) is 2. The fourth-order valence-electron chi connectivity index (χ4n) is 3.14. The first-order valence-corrected chi connectivity index (χ1v) is 8.72. The van der Waals surface area contributed by atoms with Crippen molar-refractivity contribution < 1.29 is 19.8 Å². The number of carbonyl (C=O) groups is 2. The summed E-state index contributed by atoms with van der Waals surface area (Å²) in [6.07, 6.45) is 9.38. The lowest BCUT2D eigenvalue weighted by Crippen LogP contribution is -2.17. The number of rotatable bonds is 7. The van der Waals surface area contributed by atoms with Crippen molar-refractivity contribution in [1.82, 2.24) is 33.9 Å². The second-order valence-corrected chi connectivity index (χ2v) is 6.58. The van der Waals surface area contributed by atoms with Crippen molar-refractivity contribution in [2.45, 2.75) is 18.9 Å². The lowest BCUT2D eigenvalue weighted by atomic mass is 10.1. The predicted molar refractivity (Wildman–Crippen MR) is 100.0 cm³/mol. The van der Waals surface area contributed by atoms with Gasteiger partial charge in [-0.1, -0.05) is 0 Å². The summed E-state index contributed by atoms with van der Waals surface area (Å²) in [7, 11) is 1.81. The minimum atomic E-state index is -1.10. The van der Waals surface area contributed by atoms with Gasteiger partial charge in [-0.15, -0.1) is 0 Å². The van der Waals surface area contributed by atoms with Crippen molar-refractivity contribution in [3.8, 4) is 22.6 Å². The number of nitrogens with zero attached hydrogens (tertiary/aromatic N) is 7. The number of aryl methyl sites for hydroxylation is 1. The SMILES string of the molecule is Cn1cc(-c2cc3nccn3c(-c3cnn(C(CC(=O)O)CC(=O)O)c3)n2)cn1. The molecule has 148 valence electrons. The molecule has 11 heteroatoms. The molecular weight excluding hydrogens is 378 g/mol. The molecule has 4 aromatic rings. The van der Waals surface area contributed by atoms with E-state index in [0.717, 1.165) is 5.56 Å². The molecule has 0 saturated carbocycles. The fraction of sp³-hybridized carbons (Fsp3) is 0.222. The topological polar surface area (TPSA) is 140 Å². The van der Waals surface area contributed by atoms with Crippen molar-refractivity contribution >= 4 is 17.6 Å². The molecule has 11 nitrogen and oxygen atoms in total. The normalized spacial score (nSPS) is 11.4. The van der Waals surface area contributed by atoms with Gasteiger partial charge in [0.15, 0.2) is 0 Å². The van der Waals surface area contributed by atoms with Crippen LogP contribution in [0.25, 0.3) is 28.3 Å². The van der Waals surface area contributed by atoms with Gasteiger partial charge in [-0.25, -0.2) is 9.97 Å². The highest BCUT2D eigenvalue weighted by Gasteiger charge is 2.21. The molecule has 0 radical (unpaired) electrons. The quantitative estimate of drug-likeness (QED) is 0.479. The first-order valence-electron chi connectivity index (χ1n) is 8.72. The summed E-state index contributed by atoms with van der Waals surface area (Å²) in [5.41, 5.74) is 2.78. The third-order valence-corrected chi connectivity index (χ3v) is 4.44. The van der Waals surface area contributed by atoms with Crippen molar-refractivity contribution in [2.24, 2.45) is 7.05 Å². The highest BCUT2D eigenvalue weighted by atomic mass is 16.4. The zero-order valence-corrected chi connectivity index (χ0v) is 15.4. The molecule has 4 rings (SSSR count). The average Bonchev–Trinajstić information content (AvgIpc) is 3.39. The van der Waals surface area contributed by atoms with E-state index in [2.05, 4.69) is 15.2 Å². The van der Waals surface area contributed by atoms with Crippen LogP contribution in [0.1, 0.15) is 18.9 Å². The molecule has 29 heavy (non-hydrogen) atoms.